The molecular weight excluding hydrogens is 198 g/mol. The van der Waals surface area contributed by atoms with Crippen LogP contribution in [0.2, 0.25) is 0 Å². The monoisotopic (exact) mass is 219 g/mol. The van der Waals surface area contributed by atoms with Crippen molar-refractivity contribution < 1.29 is 4.79 Å². The van der Waals surface area contributed by atoms with Crippen LogP contribution in [-0.2, 0) is 11.2 Å². The van der Waals surface area contributed by atoms with E-state index in [2.05, 4.69) is 36.5 Å². The molecule has 1 aromatic carbocycles. The smallest absolute Gasteiger partial charge is 0.129 e. The van der Waals surface area contributed by atoms with E-state index in [0.717, 1.165) is 12.8 Å². The molecule has 0 bridgehead atoms. The van der Waals surface area contributed by atoms with Crippen molar-refractivity contribution in [3.63, 3.8) is 0 Å². The van der Waals surface area contributed by atoms with Crippen molar-refractivity contribution in [1.82, 2.24) is 5.32 Å². The van der Waals surface area contributed by atoms with Crippen LogP contribution in [0.15, 0.2) is 24.3 Å². The van der Waals surface area contributed by atoms with Crippen molar-refractivity contribution >= 4 is 5.78 Å². The normalized spacial score (nSPS) is 12.4. The number of aryl methyl sites for hydroxylation is 1. The number of nitrogens with one attached hydrogen (secondary N) is 1. The third-order valence-corrected chi connectivity index (χ3v) is 2.92. The molecule has 0 spiro atoms. The van der Waals surface area contributed by atoms with Crippen LogP contribution in [0.4, 0.5) is 0 Å². The van der Waals surface area contributed by atoms with Gasteiger partial charge in [-0.2, -0.15) is 0 Å². The molecule has 0 saturated carbocycles. The van der Waals surface area contributed by atoms with Crippen LogP contribution < -0.4 is 5.32 Å². The number of carbonyl (C=O) groups is 1. The lowest BCUT2D eigenvalue weighted by Gasteiger charge is -2.16. The van der Waals surface area contributed by atoms with E-state index < -0.39 is 0 Å². The summed E-state index contributed by atoms with van der Waals surface area (Å²) in [6.07, 6.45) is 2.58. The molecule has 0 fully saturated rings. The van der Waals surface area contributed by atoms with Crippen molar-refractivity contribution in [2.24, 2.45) is 0 Å². The van der Waals surface area contributed by atoms with Crippen molar-refractivity contribution in [3.05, 3.63) is 35.4 Å². The topological polar surface area (TPSA) is 29.1 Å². The fourth-order valence-electron chi connectivity index (χ4n) is 1.81. The van der Waals surface area contributed by atoms with Gasteiger partial charge in [0.15, 0.2) is 0 Å². The Balaban J connectivity index is 2.66. The van der Waals surface area contributed by atoms with E-state index in [4.69, 9.17) is 0 Å². The molecule has 2 nitrogen and oxygen atoms in total. The minimum absolute atomic E-state index is 0.255. The summed E-state index contributed by atoms with van der Waals surface area (Å²) >= 11 is 0. The number of hydrogen-bond acceptors (Lipinski definition) is 2. The van der Waals surface area contributed by atoms with E-state index >= 15 is 0 Å². The second-order valence-electron chi connectivity index (χ2n) is 4.18. The van der Waals surface area contributed by atoms with Crippen LogP contribution in [0.5, 0.6) is 0 Å². The second kappa shape index (κ2) is 6.44. The molecule has 0 aromatic heterocycles. The maximum atomic E-state index is 11.0. The first-order valence-electron chi connectivity index (χ1n) is 5.93. The lowest BCUT2D eigenvalue weighted by molar-refractivity contribution is -0.117. The van der Waals surface area contributed by atoms with Gasteiger partial charge < -0.3 is 10.1 Å². The average molecular weight is 219 g/mol. The van der Waals surface area contributed by atoms with Crippen molar-refractivity contribution in [2.45, 2.75) is 39.2 Å². The summed E-state index contributed by atoms with van der Waals surface area (Å²) in [6, 6.07) is 8.91. The number of benzene rings is 1. The highest BCUT2D eigenvalue weighted by Crippen LogP contribution is 2.18. The van der Waals surface area contributed by atoms with Gasteiger partial charge in [-0.05, 0) is 37.9 Å². The van der Waals surface area contributed by atoms with Crippen molar-refractivity contribution in [1.29, 1.82) is 0 Å². The van der Waals surface area contributed by atoms with Crippen molar-refractivity contribution in [3.8, 4) is 0 Å². The van der Waals surface area contributed by atoms with Crippen LogP contribution in [-0.4, -0.2) is 12.8 Å². The molecule has 16 heavy (non-hydrogen) atoms. The fraction of sp³-hybridized carbons (Fsp3) is 0.500. The Labute approximate surface area is 98.1 Å². The highest BCUT2D eigenvalue weighted by Gasteiger charge is 2.09. The third kappa shape index (κ3) is 3.78. The number of ketones is 1. The summed E-state index contributed by atoms with van der Waals surface area (Å²) in [6.45, 7) is 3.80. The molecule has 2 heteroatoms. The second-order valence-corrected chi connectivity index (χ2v) is 4.18. The van der Waals surface area contributed by atoms with Gasteiger partial charge in [0.1, 0.15) is 5.78 Å². The van der Waals surface area contributed by atoms with Gasteiger partial charge in [-0.25, -0.2) is 0 Å². The largest absolute Gasteiger partial charge is 0.313 e. The number of rotatable bonds is 6. The third-order valence-electron chi connectivity index (χ3n) is 2.92. The van der Waals surface area contributed by atoms with Gasteiger partial charge in [-0.15, -0.1) is 0 Å². The quantitative estimate of drug-likeness (QED) is 0.797. The zero-order chi connectivity index (χ0) is 12.0. The predicted octanol–water partition coefficient (Wildman–Crippen LogP) is 2.88. The van der Waals surface area contributed by atoms with E-state index in [1.165, 1.54) is 11.1 Å². The molecule has 0 aliphatic carbocycles. The highest BCUT2D eigenvalue weighted by molar-refractivity contribution is 5.75. The summed E-state index contributed by atoms with van der Waals surface area (Å²) in [5.74, 6) is 0.255. The molecule has 0 heterocycles. The van der Waals surface area contributed by atoms with Gasteiger partial charge >= 0.3 is 0 Å². The summed E-state index contributed by atoms with van der Waals surface area (Å²) in [5, 5.41) is 3.26. The molecule has 0 radical (unpaired) electrons. The molecule has 0 aliphatic rings. The van der Waals surface area contributed by atoms with Crippen LogP contribution in [0.1, 0.15) is 43.9 Å². The van der Waals surface area contributed by atoms with E-state index in [-0.39, 0.29) is 11.8 Å². The number of Topliss-reactive ketones (excluding diaryl/α,β-unsaturated/α-hetero) is 1. The minimum atomic E-state index is 0.255. The molecule has 1 atom stereocenters. The van der Waals surface area contributed by atoms with Gasteiger partial charge in [0.05, 0.1) is 0 Å². The Kier molecular flexibility index (Phi) is 5.20. The average Bonchev–Trinajstić information content (AvgIpc) is 2.30. The maximum absolute atomic E-state index is 11.0. The molecule has 0 saturated heterocycles. The summed E-state index contributed by atoms with van der Waals surface area (Å²) in [5.41, 5.74) is 2.62. The number of hydrogen-bond donors (Lipinski definition) is 1. The first kappa shape index (κ1) is 12.9. The standard InChI is InChI=1S/C14H21NO/c1-4-12-6-8-13(9-7-12)14(15-3)10-5-11(2)16/h6-9,14-15H,4-5,10H2,1-3H3. The molecule has 0 amide bonds. The van der Waals surface area contributed by atoms with E-state index in [0.29, 0.717) is 6.42 Å². The summed E-state index contributed by atoms with van der Waals surface area (Å²) in [7, 11) is 1.94. The lowest BCUT2D eigenvalue weighted by atomic mass is 9.99. The summed E-state index contributed by atoms with van der Waals surface area (Å²) < 4.78 is 0. The van der Waals surface area contributed by atoms with Gasteiger partial charge in [0, 0.05) is 12.5 Å². The summed E-state index contributed by atoms with van der Waals surface area (Å²) in [4.78, 5) is 11.0. The first-order valence-corrected chi connectivity index (χ1v) is 5.93. The molecule has 0 aliphatic heterocycles. The zero-order valence-corrected chi connectivity index (χ0v) is 10.4. The molecule has 1 N–H and O–H groups in total. The van der Waals surface area contributed by atoms with Gasteiger partial charge in [-0.1, -0.05) is 31.2 Å². The number of carbonyl (C=O) groups excluding carboxylic acids is 1. The van der Waals surface area contributed by atoms with E-state index in [1.807, 2.05) is 7.05 Å². The lowest BCUT2D eigenvalue weighted by Crippen LogP contribution is -2.17. The van der Waals surface area contributed by atoms with Crippen LogP contribution >= 0.6 is 0 Å². The van der Waals surface area contributed by atoms with E-state index in [9.17, 15) is 4.79 Å². The Bertz CT molecular complexity index is 329. The molecule has 88 valence electrons. The van der Waals surface area contributed by atoms with Gasteiger partial charge in [0.25, 0.3) is 0 Å². The Morgan fingerprint density at radius 1 is 1.31 bits per heavy atom. The fourth-order valence-corrected chi connectivity index (χ4v) is 1.81. The first-order chi connectivity index (χ1) is 7.67. The van der Waals surface area contributed by atoms with Crippen LogP contribution in [0.3, 0.4) is 0 Å². The van der Waals surface area contributed by atoms with Crippen molar-refractivity contribution in [2.75, 3.05) is 7.05 Å². The SMILES string of the molecule is CCc1ccc(C(CCC(C)=O)NC)cc1. The zero-order valence-electron chi connectivity index (χ0n) is 10.4. The molecule has 1 unspecified atom stereocenters. The van der Waals surface area contributed by atoms with Crippen LogP contribution in [0, 0.1) is 0 Å². The molecule has 1 aromatic rings. The Morgan fingerprint density at radius 3 is 2.38 bits per heavy atom. The molecule has 1 rings (SSSR count). The van der Waals surface area contributed by atoms with E-state index in [1.54, 1.807) is 6.92 Å². The van der Waals surface area contributed by atoms with Crippen LogP contribution in [0.25, 0.3) is 0 Å². The molecular formula is C14H21NO. The Hall–Kier alpha value is -1.15. The van der Waals surface area contributed by atoms with Gasteiger partial charge in [-0.3, -0.25) is 0 Å². The maximum Gasteiger partial charge on any atom is 0.129 e. The Morgan fingerprint density at radius 2 is 1.94 bits per heavy atom. The van der Waals surface area contributed by atoms with Gasteiger partial charge in [0.2, 0.25) is 0 Å². The minimum Gasteiger partial charge on any atom is -0.313 e. The highest BCUT2D eigenvalue weighted by atomic mass is 16.1. The predicted molar refractivity (Wildman–Crippen MR) is 67.5 cm³/mol.